The summed E-state index contributed by atoms with van der Waals surface area (Å²) in [6.45, 7) is 0. The maximum absolute atomic E-state index is 13.1. The summed E-state index contributed by atoms with van der Waals surface area (Å²) in [5, 5.41) is 2.77. The molecule has 0 saturated heterocycles. The highest BCUT2D eigenvalue weighted by Crippen LogP contribution is 2.20. The normalized spacial score (nSPS) is 11.5. The van der Waals surface area contributed by atoms with E-state index in [1.807, 2.05) is 0 Å². The Kier molecular flexibility index (Phi) is 5.89. The first-order valence-electron chi connectivity index (χ1n) is 7.30. The third-order valence-corrected chi connectivity index (χ3v) is 3.51. The molecule has 5 nitrogen and oxygen atoms in total. The molecule has 2 aromatic rings. The van der Waals surface area contributed by atoms with Crippen molar-refractivity contribution in [2.75, 3.05) is 14.2 Å². The van der Waals surface area contributed by atoms with Crippen molar-refractivity contribution in [2.45, 2.75) is 12.5 Å². The maximum Gasteiger partial charge on any atom is 0.307 e. The Balaban J connectivity index is 2.21. The van der Waals surface area contributed by atoms with Crippen LogP contribution >= 0.6 is 0 Å². The second-order valence-corrected chi connectivity index (χ2v) is 5.09. The second kappa shape index (κ2) is 8.10. The Morgan fingerprint density at radius 1 is 1.12 bits per heavy atom. The van der Waals surface area contributed by atoms with Crippen LogP contribution in [0.25, 0.3) is 0 Å². The van der Waals surface area contributed by atoms with E-state index in [9.17, 15) is 14.0 Å². The van der Waals surface area contributed by atoms with Gasteiger partial charge in [0.25, 0.3) is 5.91 Å². The third-order valence-electron chi connectivity index (χ3n) is 3.51. The van der Waals surface area contributed by atoms with Crippen LogP contribution in [0.1, 0.15) is 28.4 Å². The molecule has 126 valence electrons. The van der Waals surface area contributed by atoms with Crippen molar-refractivity contribution < 1.29 is 23.5 Å². The first kappa shape index (κ1) is 17.5. The van der Waals surface area contributed by atoms with Crippen molar-refractivity contribution in [1.82, 2.24) is 5.32 Å². The van der Waals surface area contributed by atoms with Crippen LogP contribution in [0, 0.1) is 5.82 Å². The number of methoxy groups -OCH3 is 2. The molecule has 0 heterocycles. The van der Waals surface area contributed by atoms with E-state index in [1.165, 1.54) is 38.5 Å². The van der Waals surface area contributed by atoms with Crippen LogP contribution in [-0.2, 0) is 9.53 Å². The van der Waals surface area contributed by atoms with Gasteiger partial charge in [-0.3, -0.25) is 9.59 Å². The lowest BCUT2D eigenvalue weighted by atomic mass is 10.0. The van der Waals surface area contributed by atoms with E-state index in [-0.39, 0.29) is 12.3 Å². The van der Waals surface area contributed by atoms with Gasteiger partial charge in [0.1, 0.15) is 11.6 Å². The van der Waals surface area contributed by atoms with Crippen LogP contribution in [0.3, 0.4) is 0 Å². The molecule has 0 aliphatic carbocycles. The molecule has 0 aromatic heterocycles. The monoisotopic (exact) mass is 331 g/mol. The van der Waals surface area contributed by atoms with Gasteiger partial charge in [-0.1, -0.05) is 18.2 Å². The molecule has 1 N–H and O–H groups in total. The summed E-state index contributed by atoms with van der Waals surface area (Å²) < 4.78 is 22.9. The summed E-state index contributed by atoms with van der Waals surface area (Å²) in [6.07, 6.45) is -0.0577. The lowest BCUT2D eigenvalue weighted by Gasteiger charge is -2.18. The Morgan fingerprint density at radius 2 is 1.83 bits per heavy atom. The molecule has 0 unspecified atom stereocenters. The minimum Gasteiger partial charge on any atom is -0.497 e. The number of rotatable bonds is 6. The van der Waals surface area contributed by atoms with Crippen molar-refractivity contribution in [3.8, 4) is 5.75 Å². The average Bonchev–Trinajstić information content (AvgIpc) is 2.61. The van der Waals surface area contributed by atoms with Gasteiger partial charge in [0.2, 0.25) is 0 Å². The van der Waals surface area contributed by atoms with Gasteiger partial charge in [-0.05, 0) is 35.9 Å². The van der Waals surface area contributed by atoms with Gasteiger partial charge in [-0.2, -0.15) is 0 Å². The van der Waals surface area contributed by atoms with E-state index in [1.54, 1.807) is 24.3 Å². The number of carbonyl (C=O) groups excluding carboxylic acids is 2. The summed E-state index contributed by atoms with van der Waals surface area (Å²) in [5.41, 5.74) is 1.00. The SMILES string of the molecule is COC(=O)C[C@@H](NC(=O)c1cccc(OC)c1)c1ccc(F)cc1. The fourth-order valence-electron chi connectivity index (χ4n) is 2.20. The summed E-state index contributed by atoms with van der Waals surface area (Å²) in [7, 11) is 2.78. The molecule has 0 spiro atoms. The molecule has 0 bridgehead atoms. The minimum atomic E-state index is -0.628. The van der Waals surface area contributed by atoms with Crippen LogP contribution in [0.15, 0.2) is 48.5 Å². The van der Waals surface area contributed by atoms with Gasteiger partial charge >= 0.3 is 5.97 Å². The lowest BCUT2D eigenvalue weighted by Crippen LogP contribution is -2.30. The van der Waals surface area contributed by atoms with Crippen molar-refractivity contribution in [3.63, 3.8) is 0 Å². The molecule has 2 rings (SSSR count). The summed E-state index contributed by atoms with van der Waals surface area (Å²) >= 11 is 0. The van der Waals surface area contributed by atoms with Crippen LogP contribution in [0.4, 0.5) is 4.39 Å². The molecule has 0 radical (unpaired) electrons. The average molecular weight is 331 g/mol. The predicted octanol–water partition coefficient (Wildman–Crippen LogP) is 2.87. The molecular formula is C18H18FNO4. The molecule has 2 aromatic carbocycles. The highest BCUT2D eigenvalue weighted by molar-refractivity contribution is 5.95. The quantitative estimate of drug-likeness (QED) is 0.827. The largest absolute Gasteiger partial charge is 0.497 e. The zero-order chi connectivity index (χ0) is 17.5. The number of hydrogen-bond acceptors (Lipinski definition) is 4. The van der Waals surface area contributed by atoms with E-state index >= 15 is 0 Å². The smallest absolute Gasteiger partial charge is 0.307 e. The predicted molar refractivity (Wildman–Crippen MR) is 86.2 cm³/mol. The van der Waals surface area contributed by atoms with E-state index in [0.717, 1.165) is 0 Å². The second-order valence-electron chi connectivity index (χ2n) is 5.09. The van der Waals surface area contributed by atoms with Crippen molar-refractivity contribution in [2.24, 2.45) is 0 Å². The van der Waals surface area contributed by atoms with Gasteiger partial charge < -0.3 is 14.8 Å². The highest BCUT2D eigenvalue weighted by atomic mass is 19.1. The molecule has 1 atom stereocenters. The molecule has 0 saturated carbocycles. The lowest BCUT2D eigenvalue weighted by molar-refractivity contribution is -0.141. The number of ether oxygens (including phenoxy) is 2. The topological polar surface area (TPSA) is 64.6 Å². The summed E-state index contributed by atoms with van der Waals surface area (Å²) in [4.78, 5) is 24.1. The molecule has 0 fully saturated rings. The number of esters is 1. The number of halogens is 1. The van der Waals surface area contributed by atoms with Crippen LogP contribution in [-0.4, -0.2) is 26.1 Å². The molecular weight excluding hydrogens is 313 g/mol. The fraction of sp³-hybridized carbons (Fsp3) is 0.222. The first-order chi connectivity index (χ1) is 11.5. The van der Waals surface area contributed by atoms with Crippen LogP contribution in [0.2, 0.25) is 0 Å². The molecule has 24 heavy (non-hydrogen) atoms. The number of hydrogen-bond donors (Lipinski definition) is 1. The van der Waals surface area contributed by atoms with Gasteiger partial charge in [0.05, 0.1) is 26.7 Å². The van der Waals surface area contributed by atoms with E-state index in [4.69, 9.17) is 4.74 Å². The fourth-order valence-corrected chi connectivity index (χ4v) is 2.20. The van der Waals surface area contributed by atoms with Gasteiger partial charge in [0.15, 0.2) is 0 Å². The van der Waals surface area contributed by atoms with Gasteiger partial charge in [-0.15, -0.1) is 0 Å². The molecule has 6 heteroatoms. The standard InChI is InChI=1S/C18H18FNO4/c1-23-15-5-3-4-13(10-15)18(22)20-16(11-17(21)24-2)12-6-8-14(19)9-7-12/h3-10,16H,11H2,1-2H3,(H,20,22)/t16-/m1/s1. The van der Waals surface area contributed by atoms with Crippen LogP contribution < -0.4 is 10.1 Å². The van der Waals surface area contributed by atoms with Crippen molar-refractivity contribution in [3.05, 3.63) is 65.5 Å². The van der Waals surface area contributed by atoms with E-state index in [0.29, 0.717) is 16.9 Å². The summed E-state index contributed by atoms with van der Waals surface area (Å²) in [6, 6.07) is 11.6. The van der Waals surface area contributed by atoms with Gasteiger partial charge in [0, 0.05) is 5.56 Å². The number of nitrogens with one attached hydrogen (secondary N) is 1. The van der Waals surface area contributed by atoms with Gasteiger partial charge in [-0.25, -0.2) is 4.39 Å². The van der Waals surface area contributed by atoms with E-state index in [2.05, 4.69) is 10.1 Å². The third kappa shape index (κ3) is 4.55. The first-order valence-corrected chi connectivity index (χ1v) is 7.30. The zero-order valence-corrected chi connectivity index (χ0v) is 13.4. The molecule has 0 aliphatic rings. The Labute approximate surface area is 139 Å². The number of benzene rings is 2. The Bertz CT molecular complexity index is 715. The van der Waals surface area contributed by atoms with Crippen molar-refractivity contribution in [1.29, 1.82) is 0 Å². The zero-order valence-electron chi connectivity index (χ0n) is 13.4. The number of carbonyl (C=O) groups is 2. The molecule has 0 aliphatic heterocycles. The highest BCUT2D eigenvalue weighted by Gasteiger charge is 2.20. The van der Waals surface area contributed by atoms with Crippen LogP contribution in [0.5, 0.6) is 5.75 Å². The minimum absolute atomic E-state index is 0.0577. The van der Waals surface area contributed by atoms with Crippen molar-refractivity contribution >= 4 is 11.9 Å². The summed E-state index contributed by atoms with van der Waals surface area (Å²) in [5.74, 6) is -0.689. The Morgan fingerprint density at radius 3 is 2.46 bits per heavy atom. The van der Waals surface area contributed by atoms with E-state index < -0.39 is 17.8 Å². The maximum atomic E-state index is 13.1. The number of amides is 1. The molecule has 1 amide bonds. The Hall–Kier alpha value is -2.89.